The molecule has 0 saturated carbocycles. The van der Waals surface area contributed by atoms with Gasteiger partial charge in [0.05, 0.1) is 12.0 Å². The van der Waals surface area contributed by atoms with E-state index in [2.05, 4.69) is 26.8 Å². The zero-order valence-corrected chi connectivity index (χ0v) is 11.1. The Morgan fingerprint density at radius 1 is 1.41 bits per heavy atom. The molecule has 4 nitrogen and oxygen atoms in total. The maximum Gasteiger partial charge on any atom is 0.0945 e. The minimum Gasteiger partial charge on any atom is -0.337 e. The summed E-state index contributed by atoms with van der Waals surface area (Å²) in [7, 11) is 2.08. The second kappa shape index (κ2) is 5.38. The maximum absolute atomic E-state index is 4.18. The van der Waals surface area contributed by atoms with Crippen LogP contribution in [-0.2, 0) is 13.6 Å². The predicted molar refractivity (Wildman–Crippen MR) is 70.2 cm³/mol. The van der Waals surface area contributed by atoms with Gasteiger partial charge in [0.25, 0.3) is 0 Å². The van der Waals surface area contributed by atoms with Crippen LogP contribution in [0.25, 0.3) is 0 Å². The van der Waals surface area contributed by atoms with Crippen LogP contribution in [-0.4, -0.2) is 40.6 Å². The highest BCUT2D eigenvalue weighted by Crippen LogP contribution is 2.27. The van der Waals surface area contributed by atoms with Crippen LogP contribution in [0.1, 0.15) is 12.1 Å². The third-order valence-corrected chi connectivity index (χ3v) is 4.09. The summed E-state index contributed by atoms with van der Waals surface area (Å²) in [5, 5.41) is 3.51. The topological polar surface area (TPSA) is 33.1 Å². The molecule has 96 valence electrons. The minimum absolute atomic E-state index is 0. The predicted octanol–water partition coefficient (Wildman–Crippen LogP) is 0.883. The Hall–Kier alpha value is -0.580. The molecule has 1 aromatic heterocycles. The lowest BCUT2D eigenvalue weighted by Crippen LogP contribution is -2.39. The van der Waals surface area contributed by atoms with Crippen molar-refractivity contribution < 1.29 is 0 Å². The van der Waals surface area contributed by atoms with E-state index in [0.29, 0.717) is 0 Å². The van der Waals surface area contributed by atoms with Gasteiger partial charge >= 0.3 is 0 Å². The van der Waals surface area contributed by atoms with E-state index in [4.69, 9.17) is 0 Å². The van der Waals surface area contributed by atoms with Crippen molar-refractivity contribution in [2.24, 2.45) is 18.9 Å². The van der Waals surface area contributed by atoms with Gasteiger partial charge in [-0.3, -0.25) is 4.90 Å². The molecule has 2 unspecified atom stereocenters. The average Bonchev–Trinajstić information content (AvgIpc) is 2.88. The second-order valence-corrected chi connectivity index (χ2v) is 5.20. The lowest BCUT2D eigenvalue weighted by molar-refractivity contribution is 0.140. The summed E-state index contributed by atoms with van der Waals surface area (Å²) >= 11 is 0. The monoisotopic (exact) mass is 256 g/mol. The summed E-state index contributed by atoms with van der Waals surface area (Å²) in [5.74, 6) is 1.81. The van der Waals surface area contributed by atoms with Crippen molar-refractivity contribution in [2.75, 3.05) is 26.2 Å². The Labute approximate surface area is 109 Å². The highest BCUT2D eigenvalue weighted by molar-refractivity contribution is 5.85. The molecule has 1 aromatic rings. The van der Waals surface area contributed by atoms with Gasteiger partial charge in [-0.15, -0.1) is 12.4 Å². The highest BCUT2D eigenvalue weighted by Gasteiger charge is 2.32. The highest BCUT2D eigenvalue weighted by atomic mass is 35.5. The van der Waals surface area contributed by atoms with Crippen LogP contribution < -0.4 is 5.32 Å². The number of fused-ring (bicyclic) bond motifs is 1. The van der Waals surface area contributed by atoms with Gasteiger partial charge in [0.2, 0.25) is 0 Å². The number of likely N-dealkylation sites (tertiary alicyclic amines) is 1. The van der Waals surface area contributed by atoms with Crippen molar-refractivity contribution in [3.05, 3.63) is 18.2 Å². The number of hydrogen-bond donors (Lipinski definition) is 1. The average molecular weight is 257 g/mol. The van der Waals surface area contributed by atoms with Crippen molar-refractivity contribution in [3.63, 3.8) is 0 Å². The Kier molecular flexibility index (Phi) is 4.07. The van der Waals surface area contributed by atoms with E-state index in [0.717, 1.165) is 18.4 Å². The van der Waals surface area contributed by atoms with Gasteiger partial charge in [-0.2, -0.15) is 0 Å². The number of aryl methyl sites for hydroxylation is 1. The van der Waals surface area contributed by atoms with E-state index in [-0.39, 0.29) is 12.4 Å². The summed E-state index contributed by atoms with van der Waals surface area (Å²) in [5.41, 5.74) is 1.32. The lowest BCUT2D eigenvalue weighted by Gasteiger charge is -2.34. The molecule has 0 spiro atoms. The molecule has 2 fully saturated rings. The number of imidazole rings is 1. The summed E-state index contributed by atoms with van der Waals surface area (Å²) < 4.78 is 2.12. The zero-order valence-electron chi connectivity index (χ0n) is 10.3. The molecule has 0 bridgehead atoms. The minimum atomic E-state index is 0. The van der Waals surface area contributed by atoms with Gasteiger partial charge < -0.3 is 9.88 Å². The molecule has 2 saturated heterocycles. The number of nitrogens with zero attached hydrogens (tertiary/aromatic N) is 3. The first kappa shape index (κ1) is 12.9. The molecule has 0 radical (unpaired) electrons. The summed E-state index contributed by atoms with van der Waals surface area (Å²) in [6.07, 6.45) is 5.23. The third kappa shape index (κ3) is 2.64. The molecular weight excluding hydrogens is 236 g/mol. The van der Waals surface area contributed by atoms with Gasteiger partial charge in [-0.25, -0.2) is 4.98 Å². The van der Waals surface area contributed by atoms with Gasteiger partial charge in [-0.05, 0) is 37.9 Å². The SMILES string of the molecule is Cl.Cn1cncc1CN1CCC2CNCC2C1. The van der Waals surface area contributed by atoms with E-state index in [1.807, 2.05) is 12.5 Å². The number of hydrogen-bond acceptors (Lipinski definition) is 3. The summed E-state index contributed by atoms with van der Waals surface area (Å²) in [4.78, 5) is 6.75. The molecule has 2 atom stereocenters. The molecule has 0 aromatic carbocycles. The van der Waals surface area contributed by atoms with Crippen molar-refractivity contribution in [1.29, 1.82) is 0 Å². The maximum atomic E-state index is 4.18. The molecule has 0 aliphatic carbocycles. The standard InChI is InChI=1S/C12H20N4.ClH/c1-15-9-14-6-12(15)8-16-3-2-10-4-13-5-11(10)7-16;/h6,9-11,13H,2-5,7-8H2,1H3;1H. The second-order valence-electron chi connectivity index (χ2n) is 5.20. The molecular formula is C12H21ClN4. The van der Waals surface area contributed by atoms with E-state index in [9.17, 15) is 0 Å². The van der Waals surface area contributed by atoms with Crippen LogP contribution in [0.3, 0.4) is 0 Å². The van der Waals surface area contributed by atoms with Gasteiger partial charge in [0, 0.05) is 26.3 Å². The van der Waals surface area contributed by atoms with Gasteiger partial charge in [0.1, 0.15) is 0 Å². The Balaban J connectivity index is 0.00000108. The first-order chi connectivity index (χ1) is 7.83. The molecule has 3 rings (SSSR count). The van der Waals surface area contributed by atoms with E-state index in [1.165, 1.54) is 38.3 Å². The van der Waals surface area contributed by atoms with Gasteiger partial charge in [-0.1, -0.05) is 0 Å². The Morgan fingerprint density at radius 2 is 2.24 bits per heavy atom. The molecule has 3 heterocycles. The number of piperidine rings is 1. The van der Waals surface area contributed by atoms with Crippen LogP contribution in [0.15, 0.2) is 12.5 Å². The Morgan fingerprint density at radius 3 is 3.00 bits per heavy atom. The normalized spacial score (nSPS) is 28.8. The van der Waals surface area contributed by atoms with E-state index in [1.54, 1.807) is 0 Å². The largest absolute Gasteiger partial charge is 0.337 e. The molecule has 1 N–H and O–H groups in total. The summed E-state index contributed by atoms with van der Waals surface area (Å²) in [6.45, 7) is 6.01. The van der Waals surface area contributed by atoms with E-state index >= 15 is 0 Å². The third-order valence-electron chi connectivity index (χ3n) is 4.09. The smallest absolute Gasteiger partial charge is 0.0945 e. The molecule has 2 aliphatic heterocycles. The molecule has 2 aliphatic rings. The van der Waals surface area contributed by atoms with Crippen molar-refractivity contribution in [2.45, 2.75) is 13.0 Å². The van der Waals surface area contributed by atoms with Crippen molar-refractivity contribution >= 4 is 12.4 Å². The zero-order chi connectivity index (χ0) is 11.0. The van der Waals surface area contributed by atoms with Crippen molar-refractivity contribution in [1.82, 2.24) is 19.8 Å². The van der Waals surface area contributed by atoms with Crippen LogP contribution in [0.2, 0.25) is 0 Å². The molecule has 5 heteroatoms. The fourth-order valence-electron chi connectivity index (χ4n) is 3.02. The quantitative estimate of drug-likeness (QED) is 0.853. The fraction of sp³-hybridized carbons (Fsp3) is 0.750. The number of aromatic nitrogens is 2. The summed E-state index contributed by atoms with van der Waals surface area (Å²) in [6, 6.07) is 0. The van der Waals surface area contributed by atoms with Crippen LogP contribution in [0, 0.1) is 11.8 Å². The molecule has 0 amide bonds. The van der Waals surface area contributed by atoms with Gasteiger partial charge in [0.15, 0.2) is 0 Å². The number of rotatable bonds is 2. The van der Waals surface area contributed by atoms with Crippen LogP contribution in [0.5, 0.6) is 0 Å². The van der Waals surface area contributed by atoms with Crippen LogP contribution >= 0.6 is 12.4 Å². The lowest BCUT2D eigenvalue weighted by atomic mass is 9.89. The first-order valence-corrected chi connectivity index (χ1v) is 6.21. The fourth-order valence-corrected chi connectivity index (χ4v) is 3.02. The number of halogens is 1. The molecule has 17 heavy (non-hydrogen) atoms. The van der Waals surface area contributed by atoms with E-state index < -0.39 is 0 Å². The first-order valence-electron chi connectivity index (χ1n) is 6.21. The number of nitrogens with one attached hydrogen (secondary N) is 1. The van der Waals surface area contributed by atoms with Crippen molar-refractivity contribution in [3.8, 4) is 0 Å². The van der Waals surface area contributed by atoms with Crippen LogP contribution in [0.4, 0.5) is 0 Å². The Bertz CT molecular complexity index is 365.